The van der Waals surface area contributed by atoms with E-state index in [-0.39, 0.29) is 30.6 Å². The molecule has 3 atom stereocenters. The minimum atomic E-state index is -1.15. The maximum Gasteiger partial charge on any atom is 0.326 e. The molecule has 0 heterocycles. The topological polar surface area (TPSA) is 119 Å². The van der Waals surface area contributed by atoms with Gasteiger partial charge in [0.2, 0.25) is 5.91 Å². The third kappa shape index (κ3) is 4.48. The summed E-state index contributed by atoms with van der Waals surface area (Å²) in [5.74, 6) is -2.03. The summed E-state index contributed by atoms with van der Waals surface area (Å²) in [6.07, 6.45) is 2.54. The molecule has 0 aliphatic heterocycles. The standard InChI is InChI=1S/C13H22N2O5/c1-20-11(16)6-5-10(13(18)19)15-12(17)9-4-2-3-8(9)7-14/h8-10H,2-7,14H2,1H3,(H,15,17)(H,18,19). The summed E-state index contributed by atoms with van der Waals surface area (Å²) in [4.78, 5) is 34.2. The average molecular weight is 286 g/mol. The number of amides is 1. The molecule has 20 heavy (non-hydrogen) atoms. The zero-order chi connectivity index (χ0) is 15.1. The van der Waals surface area contributed by atoms with Gasteiger partial charge >= 0.3 is 11.9 Å². The van der Waals surface area contributed by atoms with E-state index in [1.165, 1.54) is 7.11 Å². The van der Waals surface area contributed by atoms with Crippen molar-refractivity contribution in [3.8, 4) is 0 Å². The van der Waals surface area contributed by atoms with E-state index in [0.29, 0.717) is 6.54 Å². The van der Waals surface area contributed by atoms with Crippen molar-refractivity contribution in [3.63, 3.8) is 0 Å². The van der Waals surface area contributed by atoms with Gasteiger partial charge in [-0.3, -0.25) is 9.59 Å². The second-order valence-electron chi connectivity index (χ2n) is 5.05. The van der Waals surface area contributed by atoms with E-state index >= 15 is 0 Å². The first-order valence-corrected chi connectivity index (χ1v) is 6.79. The van der Waals surface area contributed by atoms with Gasteiger partial charge in [-0.25, -0.2) is 4.79 Å². The largest absolute Gasteiger partial charge is 0.480 e. The highest BCUT2D eigenvalue weighted by molar-refractivity contribution is 5.85. The van der Waals surface area contributed by atoms with Crippen LogP contribution in [0, 0.1) is 11.8 Å². The van der Waals surface area contributed by atoms with Crippen LogP contribution < -0.4 is 11.1 Å². The Bertz CT molecular complexity index is 372. The number of aliphatic carboxylic acids is 1. The van der Waals surface area contributed by atoms with E-state index in [0.717, 1.165) is 19.3 Å². The van der Waals surface area contributed by atoms with E-state index in [2.05, 4.69) is 10.1 Å². The highest BCUT2D eigenvalue weighted by Crippen LogP contribution is 2.31. The maximum atomic E-state index is 12.1. The van der Waals surface area contributed by atoms with E-state index < -0.39 is 18.0 Å². The summed E-state index contributed by atoms with van der Waals surface area (Å²) in [5.41, 5.74) is 5.61. The molecule has 1 fully saturated rings. The van der Waals surface area contributed by atoms with Gasteiger partial charge in [-0.15, -0.1) is 0 Å². The predicted octanol–water partition coefficient (Wildman–Crippen LogP) is -0.116. The third-order valence-electron chi connectivity index (χ3n) is 3.78. The molecule has 7 heteroatoms. The van der Waals surface area contributed by atoms with Crippen LogP contribution >= 0.6 is 0 Å². The number of carboxylic acid groups (broad SMARTS) is 1. The molecule has 1 aliphatic rings. The molecule has 1 amide bonds. The minimum Gasteiger partial charge on any atom is -0.480 e. The molecule has 4 N–H and O–H groups in total. The summed E-state index contributed by atoms with van der Waals surface area (Å²) in [7, 11) is 1.24. The first-order valence-electron chi connectivity index (χ1n) is 6.79. The Morgan fingerprint density at radius 1 is 1.40 bits per heavy atom. The summed E-state index contributed by atoms with van der Waals surface area (Å²) in [6, 6.07) is -1.07. The number of methoxy groups -OCH3 is 1. The summed E-state index contributed by atoms with van der Waals surface area (Å²) >= 11 is 0. The molecule has 0 saturated heterocycles. The van der Waals surface area contributed by atoms with E-state index in [9.17, 15) is 14.4 Å². The summed E-state index contributed by atoms with van der Waals surface area (Å²) < 4.78 is 4.46. The Kier molecular flexibility index (Phi) is 6.44. The number of rotatable bonds is 7. The molecular weight excluding hydrogens is 264 g/mol. The van der Waals surface area contributed by atoms with Gasteiger partial charge in [0, 0.05) is 12.3 Å². The summed E-state index contributed by atoms with van der Waals surface area (Å²) in [5, 5.41) is 11.6. The first kappa shape index (κ1) is 16.4. The molecule has 7 nitrogen and oxygen atoms in total. The Balaban J connectivity index is 2.54. The van der Waals surface area contributed by atoms with Gasteiger partial charge in [-0.05, 0) is 31.7 Å². The van der Waals surface area contributed by atoms with Crippen LogP contribution in [0.3, 0.4) is 0 Å². The predicted molar refractivity (Wildman–Crippen MR) is 70.7 cm³/mol. The normalized spacial score (nSPS) is 23.1. The second kappa shape index (κ2) is 7.84. The molecule has 0 aromatic carbocycles. The fraction of sp³-hybridized carbons (Fsp3) is 0.769. The Labute approximate surface area is 117 Å². The first-order chi connectivity index (χ1) is 9.49. The molecule has 1 saturated carbocycles. The third-order valence-corrected chi connectivity index (χ3v) is 3.78. The van der Waals surface area contributed by atoms with Crippen molar-refractivity contribution in [3.05, 3.63) is 0 Å². The molecule has 1 aliphatic carbocycles. The second-order valence-corrected chi connectivity index (χ2v) is 5.05. The number of esters is 1. The minimum absolute atomic E-state index is 0.0216. The fourth-order valence-corrected chi connectivity index (χ4v) is 2.56. The van der Waals surface area contributed by atoms with Gasteiger partial charge in [0.1, 0.15) is 6.04 Å². The van der Waals surface area contributed by atoms with Crippen molar-refractivity contribution in [2.24, 2.45) is 17.6 Å². The smallest absolute Gasteiger partial charge is 0.326 e. The number of nitrogens with two attached hydrogens (primary N) is 1. The van der Waals surface area contributed by atoms with Crippen molar-refractivity contribution in [2.45, 2.75) is 38.1 Å². The lowest BCUT2D eigenvalue weighted by Gasteiger charge is -2.20. The molecule has 0 spiro atoms. The molecule has 0 aromatic heterocycles. The van der Waals surface area contributed by atoms with Crippen LogP contribution in [-0.2, 0) is 19.1 Å². The fourth-order valence-electron chi connectivity index (χ4n) is 2.56. The van der Waals surface area contributed by atoms with Crippen molar-refractivity contribution >= 4 is 17.8 Å². The monoisotopic (exact) mass is 286 g/mol. The van der Waals surface area contributed by atoms with Gasteiger partial charge in [0.25, 0.3) is 0 Å². The SMILES string of the molecule is COC(=O)CCC(NC(=O)C1CCCC1CN)C(=O)O. The molecule has 0 bridgehead atoms. The van der Waals surface area contributed by atoms with Gasteiger partial charge in [0.05, 0.1) is 7.11 Å². The molecule has 0 radical (unpaired) electrons. The number of hydrogen-bond donors (Lipinski definition) is 3. The molecular formula is C13H22N2O5. The number of carbonyl (C=O) groups is 3. The van der Waals surface area contributed by atoms with Crippen LogP contribution in [0.15, 0.2) is 0 Å². The van der Waals surface area contributed by atoms with Crippen LogP contribution in [-0.4, -0.2) is 42.6 Å². The Morgan fingerprint density at radius 2 is 2.10 bits per heavy atom. The average Bonchev–Trinajstić information content (AvgIpc) is 2.90. The van der Waals surface area contributed by atoms with E-state index in [1.807, 2.05) is 0 Å². The van der Waals surface area contributed by atoms with Crippen molar-refractivity contribution in [2.75, 3.05) is 13.7 Å². The Morgan fingerprint density at radius 3 is 2.65 bits per heavy atom. The lowest BCUT2D eigenvalue weighted by molar-refractivity contribution is -0.144. The van der Waals surface area contributed by atoms with Crippen LogP contribution in [0.1, 0.15) is 32.1 Å². The number of ether oxygens (including phenoxy) is 1. The van der Waals surface area contributed by atoms with Gasteiger partial charge in [0.15, 0.2) is 0 Å². The zero-order valence-electron chi connectivity index (χ0n) is 11.6. The summed E-state index contributed by atoms with van der Waals surface area (Å²) in [6.45, 7) is 0.429. The zero-order valence-corrected chi connectivity index (χ0v) is 11.6. The van der Waals surface area contributed by atoms with Gasteiger partial charge in [-0.1, -0.05) is 6.42 Å². The van der Waals surface area contributed by atoms with Crippen LogP contribution in [0.25, 0.3) is 0 Å². The molecule has 1 rings (SSSR count). The van der Waals surface area contributed by atoms with E-state index in [1.54, 1.807) is 0 Å². The molecule has 114 valence electrons. The highest BCUT2D eigenvalue weighted by atomic mass is 16.5. The molecule has 0 aromatic rings. The quantitative estimate of drug-likeness (QED) is 0.562. The van der Waals surface area contributed by atoms with Gasteiger partial charge < -0.3 is 20.9 Å². The molecule has 3 unspecified atom stereocenters. The van der Waals surface area contributed by atoms with Crippen LogP contribution in [0.5, 0.6) is 0 Å². The lowest BCUT2D eigenvalue weighted by Crippen LogP contribution is -2.45. The van der Waals surface area contributed by atoms with Crippen LogP contribution in [0.2, 0.25) is 0 Å². The maximum absolute atomic E-state index is 12.1. The van der Waals surface area contributed by atoms with Crippen molar-refractivity contribution in [1.82, 2.24) is 5.32 Å². The van der Waals surface area contributed by atoms with Gasteiger partial charge in [-0.2, -0.15) is 0 Å². The van der Waals surface area contributed by atoms with Crippen molar-refractivity contribution in [1.29, 1.82) is 0 Å². The lowest BCUT2D eigenvalue weighted by atomic mass is 9.95. The Hall–Kier alpha value is -1.63. The van der Waals surface area contributed by atoms with Crippen molar-refractivity contribution < 1.29 is 24.2 Å². The highest BCUT2D eigenvalue weighted by Gasteiger charge is 2.34. The number of nitrogens with one attached hydrogen (secondary N) is 1. The van der Waals surface area contributed by atoms with Crippen LogP contribution in [0.4, 0.5) is 0 Å². The number of hydrogen-bond acceptors (Lipinski definition) is 5. The van der Waals surface area contributed by atoms with E-state index in [4.69, 9.17) is 10.8 Å². The number of carboxylic acids is 1. The number of carbonyl (C=O) groups excluding carboxylic acids is 2.